The lowest BCUT2D eigenvalue weighted by Crippen LogP contribution is -2.37. The molecule has 2 amide bonds. The molecule has 0 bridgehead atoms. The average Bonchev–Trinajstić information content (AvgIpc) is 3.23. The van der Waals surface area contributed by atoms with Crippen LogP contribution in [0.5, 0.6) is 5.75 Å². The molecule has 2 aliphatic rings. The number of aliphatic carboxylic acids is 1. The van der Waals surface area contributed by atoms with E-state index >= 15 is 0 Å². The molecule has 0 unspecified atom stereocenters. The fraction of sp³-hybridized carbons (Fsp3) is 0.516. The third kappa shape index (κ3) is 9.04. The summed E-state index contributed by atoms with van der Waals surface area (Å²) in [5.74, 6) is -2.28. The first kappa shape index (κ1) is 36.7. The maximum absolute atomic E-state index is 13.5. The fourth-order valence-corrected chi connectivity index (χ4v) is 6.16. The molecule has 1 saturated carbocycles. The van der Waals surface area contributed by atoms with Gasteiger partial charge in [0, 0.05) is 25.6 Å². The molecule has 4 rings (SSSR count). The summed E-state index contributed by atoms with van der Waals surface area (Å²) in [6, 6.07) is 2.65. The van der Waals surface area contributed by atoms with Gasteiger partial charge in [-0.2, -0.15) is 26.3 Å². The van der Waals surface area contributed by atoms with Gasteiger partial charge in [0.2, 0.25) is 5.91 Å². The fourth-order valence-electron chi connectivity index (χ4n) is 6.16. The summed E-state index contributed by atoms with van der Waals surface area (Å²) in [5, 5.41) is 9.09. The lowest BCUT2D eigenvalue weighted by molar-refractivity contribution is -0.274. The van der Waals surface area contributed by atoms with Crippen molar-refractivity contribution < 1.29 is 68.5 Å². The van der Waals surface area contributed by atoms with Crippen molar-refractivity contribution in [1.29, 1.82) is 0 Å². The van der Waals surface area contributed by atoms with Crippen molar-refractivity contribution in [2.45, 2.75) is 83.4 Å². The van der Waals surface area contributed by atoms with Crippen LogP contribution in [0.1, 0.15) is 74.3 Å². The molecule has 1 aliphatic heterocycles. The number of carbonyl (C=O) groups excluding carboxylic acids is 2. The monoisotopic (exact) mass is 698 g/mol. The Balaban J connectivity index is 1.66. The van der Waals surface area contributed by atoms with Crippen LogP contribution >= 0.6 is 0 Å². The number of carbonyl (C=O) groups is 3. The summed E-state index contributed by atoms with van der Waals surface area (Å²) in [6.07, 6.45) is -15.9. The third-order valence-electron chi connectivity index (χ3n) is 8.50. The Hall–Kier alpha value is -4.18. The molecule has 8 nitrogen and oxygen atoms in total. The van der Waals surface area contributed by atoms with Gasteiger partial charge < -0.3 is 19.5 Å². The molecule has 264 valence electrons. The highest BCUT2D eigenvalue weighted by Gasteiger charge is 2.44. The highest BCUT2D eigenvalue weighted by molar-refractivity contribution is 5.92. The molecule has 0 spiro atoms. The lowest BCUT2D eigenvalue weighted by Gasteiger charge is -2.33. The van der Waals surface area contributed by atoms with E-state index in [1.807, 2.05) is 0 Å². The number of ether oxygens (including phenoxy) is 2. The Bertz CT molecular complexity index is 1490. The molecule has 1 N–H and O–H groups in total. The normalized spacial score (nSPS) is 22.0. The van der Waals surface area contributed by atoms with Crippen molar-refractivity contribution in [2.24, 2.45) is 11.8 Å². The van der Waals surface area contributed by atoms with E-state index in [0.717, 1.165) is 17.0 Å². The number of alkyl halides is 9. The van der Waals surface area contributed by atoms with Crippen LogP contribution in [0, 0.1) is 11.8 Å². The van der Waals surface area contributed by atoms with Crippen LogP contribution in [-0.2, 0) is 33.2 Å². The Morgan fingerprint density at radius 2 is 1.48 bits per heavy atom. The van der Waals surface area contributed by atoms with E-state index in [1.54, 1.807) is 0 Å². The summed E-state index contributed by atoms with van der Waals surface area (Å²) >= 11 is 0. The van der Waals surface area contributed by atoms with E-state index in [-0.39, 0.29) is 42.1 Å². The van der Waals surface area contributed by atoms with Gasteiger partial charge in [0.15, 0.2) is 0 Å². The van der Waals surface area contributed by atoms with Gasteiger partial charge in [-0.3, -0.25) is 14.5 Å². The van der Waals surface area contributed by atoms with Crippen LogP contribution in [0.2, 0.25) is 0 Å². The molecule has 0 radical (unpaired) electrons. The zero-order valence-electron chi connectivity index (χ0n) is 25.5. The van der Waals surface area contributed by atoms with Crippen LogP contribution < -0.4 is 9.64 Å². The van der Waals surface area contributed by atoms with E-state index in [9.17, 15) is 53.9 Å². The number of benzene rings is 2. The number of carboxylic acid groups (broad SMARTS) is 1. The molecule has 2 aromatic carbocycles. The van der Waals surface area contributed by atoms with Gasteiger partial charge in [-0.1, -0.05) is 0 Å². The van der Waals surface area contributed by atoms with Gasteiger partial charge >= 0.3 is 30.8 Å². The molecule has 2 aromatic rings. The van der Waals surface area contributed by atoms with Crippen LogP contribution in [0.25, 0.3) is 0 Å². The Kier molecular flexibility index (Phi) is 10.5. The topological polar surface area (TPSA) is 96.4 Å². The van der Waals surface area contributed by atoms with E-state index in [4.69, 9.17) is 9.84 Å². The summed E-state index contributed by atoms with van der Waals surface area (Å²) in [7, 11) is 0. The van der Waals surface area contributed by atoms with Crippen molar-refractivity contribution in [1.82, 2.24) is 4.90 Å². The Morgan fingerprint density at radius 3 is 1.98 bits per heavy atom. The van der Waals surface area contributed by atoms with E-state index in [2.05, 4.69) is 4.74 Å². The first-order valence-corrected chi connectivity index (χ1v) is 14.8. The largest absolute Gasteiger partial charge is 0.573 e. The lowest BCUT2D eigenvalue weighted by atomic mass is 9.80. The molecule has 0 aromatic heterocycles. The minimum Gasteiger partial charge on any atom is -0.481 e. The summed E-state index contributed by atoms with van der Waals surface area (Å²) < 4.78 is 130. The first-order chi connectivity index (χ1) is 22.1. The SMILES string of the molecule is CC(=O)N(CC1CCC(CC(=O)O)CC1)c1ccc(OC(F)(F)F)cc1CN1C(=O)O[C@H](c2cc(C(F)(F)F)cc(C(F)(F)F)c2)[C@@H]1C. The van der Waals surface area contributed by atoms with Crippen LogP contribution in [0.4, 0.5) is 50.0 Å². The predicted octanol–water partition coefficient (Wildman–Crippen LogP) is 8.34. The van der Waals surface area contributed by atoms with Gasteiger partial charge in [0.25, 0.3) is 0 Å². The quantitative estimate of drug-likeness (QED) is 0.265. The highest BCUT2D eigenvalue weighted by atomic mass is 19.4. The Labute approximate surface area is 268 Å². The third-order valence-corrected chi connectivity index (χ3v) is 8.50. The number of rotatable bonds is 9. The van der Waals surface area contributed by atoms with Gasteiger partial charge in [0.1, 0.15) is 11.9 Å². The van der Waals surface area contributed by atoms with Crippen molar-refractivity contribution >= 4 is 23.7 Å². The molecule has 1 aliphatic carbocycles. The number of carboxylic acids is 1. The Morgan fingerprint density at radius 1 is 0.917 bits per heavy atom. The van der Waals surface area contributed by atoms with E-state index in [0.29, 0.717) is 37.8 Å². The second-order valence-corrected chi connectivity index (χ2v) is 12.0. The minimum atomic E-state index is -5.17. The molecular weight excluding hydrogens is 667 g/mol. The van der Waals surface area contributed by atoms with Gasteiger partial charge in [-0.15, -0.1) is 13.2 Å². The van der Waals surface area contributed by atoms with Crippen molar-refractivity contribution in [3.63, 3.8) is 0 Å². The van der Waals surface area contributed by atoms with Crippen molar-refractivity contribution in [2.75, 3.05) is 11.4 Å². The average molecular weight is 699 g/mol. The number of hydrogen-bond donors (Lipinski definition) is 1. The first-order valence-electron chi connectivity index (χ1n) is 14.8. The van der Waals surface area contributed by atoms with Crippen LogP contribution in [0.3, 0.4) is 0 Å². The smallest absolute Gasteiger partial charge is 0.481 e. The number of halogens is 9. The van der Waals surface area contributed by atoms with Gasteiger partial charge in [0.05, 0.1) is 23.7 Å². The highest BCUT2D eigenvalue weighted by Crippen LogP contribution is 2.42. The zero-order valence-corrected chi connectivity index (χ0v) is 25.5. The number of anilines is 1. The number of cyclic esters (lactones) is 1. The molecule has 2 fully saturated rings. The van der Waals surface area contributed by atoms with Crippen LogP contribution in [-0.4, -0.2) is 46.9 Å². The van der Waals surface area contributed by atoms with Crippen molar-refractivity contribution in [3.05, 3.63) is 58.7 Å². The standard InChI is InChI=1S/C31H31F9N2O6/c1-16-27(20-10-22(29(32,33)34)13-23(11-20)30(35,36)37)47-28(46)41(16)15-21-12-24(48-31(38,39)40)7-8-25(21)42(17(2)43)14-19-5-3-18(4-6-19)9-26(44)45/h7-8,10-13,16,18-19,27H,3-6,9,14-15H2,1-2H3,(H,44,45)/t16-,18?,19?,27-/m0/s1. The summed E-state index contributed by atoms with van der Waals surface area (Å²) in [6.45, 7) is 2.06. The number of amides is 2. The minimum absolute atomic E-state index is 0.00289. The number of nitrogens with zero attached hydrogens (tertiary/aromatic N) is 2. The molecule has 1 heterocycles. The zero-order chi connectivity index (χ0) is 35.8. The maximum Gasteiger partial charge on any atom is 0.573 e. The molecule has 48 heavy (non-hydrogen) atoms. The van der Waals surface area contributed by atoms with Gasteiger partial charge in [-0.05, 0) is 92.0 Å². The maximum atomic E-state index is 13.5. The van der Waals surface area contributed by atoms with Gasteiger partial charge in [-0.25, -0.2) is 4.79 Å². The van der Waals surface area contributed by atoms with E-state index < -0.39 is 77.8 Å². The van der Waals surface area contributed by atoms with Crippen molar-refractivity contribution in [3.8, 4) is 5.75 Å². The summed E-state index contributed by atoms with van der Waals surface area (Å²) in [5.41, 5.74) is -3.80. The summed E-state index contributed by atoms with van der Waals surface area (Å²) in [4.78, 5) is 39.2. The molecular formula is C31H31F9N2O6. The molecule has 17 heteroatoms. The molecule has 2 atom stereocenters. The van der Waals surface area contributed by atoms with E-state index in [1.165, 1.54) is 24.8 Å². The number of hydrogen-bond acceptors (Lipinski definition) is 5. The van der Waals surface area contributed by atoms with Crippen LogP contribution in [0.15, 0.2) is 36.4 Å². The molecule has 1 saturated heterocycles. The second kappa shape index (κ2) is 13.7. The predicted molar refractivity (Wildman–Crippen MR) is 150 cm³/mol. The second-order valence-electron chi connectivity index (χ2n) is 12.0.